The highest BCUT2D eigenvalue weighted by atomic mass is 32.1. The maximum absolute atomic E-state index is 6.56. The van der Waals surface area contributed by atoms with Crippen LogP contribution in [0.15, 0.2) is 154 Å². The zero-order chi connectivity index (χ0) is 32.5. The molecular formula is C46H24O2S2. The Bertz CT molecular complexity index is 3330. The SMILES string of the molecule is c1ccc2c(c1)oc1cc3oc4cccc(-c5c6ccccc6c(-c6ccc7c(c6)sc6cc8sccc8cc67)c6ccccc56)c4c3cc12. The normalized spacial score (nSPS) is 12.4. The van der Waals surface area contributed by atoms with Crippen LogP contribution in [0.4, 0.5) is 0 Å². The number of hydrogen-bond acceptors (Lipinski definition) is 4. The first-order valence-electron chi connectivity index (χ1n) is 16.8. The van der Waals surface area contributed by atoms with Crippen LogP contribution in [-0.4, -0.2) is 0 Å². The van der Waals surface area contributed by atoms with Crippen molar-refractivity contribution in [3.8, 4) is 22.3 Å². The zero-order valence-electron chi connectivity index (χ0n) is 26.5. The highest BCUT2D eigenvalue weighted by Gasteiger charge is 2.22. The van der Waals surface area contributed by atoms with Crippen molar-refractivity contribution in [3.05, 3.63) is 145 Å². The molecule has 0 aliphatic heterocycles. The number of benzene rings is 8. The molecule has 2 nitrogen and oxygen atoms in total. The maximum atomic E-state index is 6.56. The van der Waals surface area contributed by atoms with Crippen LogP contribution in [0.2, 0.25) is 0 Å². The van der Waals surface area contributed by atoms with Crippen LogP contribution in [0.3, 0.4) is 0 Å². The lowest BCUT2D eigenvalue weighted by atomic mass is 9.85. The van der Waals surface area contributed by atoms with Gasteiger partial charge in [0.05, 0.1) is 0 Å². The lowest BCUT2D eigenvalue weighted by molar-refractivity contribution is 0.656. The minimum Gasteiger partial charge on any atom is -0.456 e. The van der Waals surface area contributed by atoms with E-state index in [-0.39, 0.29) is 0 Å². The van der Waals surface area contributed by atoms with Gasteiger partial charge in [-0.05, 0) is 97.0 Å². The quantitative estimate of drug-likeness (QED) is 0.171. The van der Waals surface area contributed by atoms with Crippen molar-refractivity contribution < 1.29 is 8.83 Å². The summed E-state index contributed by atoms with van der Waals surface area (Å²) in [5, 5.41) is 15.6. The van der Waals surface area contributed by atoms with E-state index in [9.17, 15) is 0 Å². The third-order valence-electron chi connectivity index (χ3n) is 10.5. The van der Waals surface area contributed by atoms with E-state index in [1.54, 1.807) is 0 Å². The van der Waals surface area contributed by atoms with Gasteiger partial charge in [0.1, 0.15) is 22.3 Å². The van der Waals surface area contributed by atoms with Gasteiger partial charge in [-0.15, -0.1) is 22.7 Å². The fourth-order valence-electron chi connectivity index (χ4n) is 8.37. The molecule has 4 heterocycles. The van der Waals surface area contributed by atoms with Crippen LogP contribution in [0, 0.1) is 0 Å². The summed E-state index contributed by atoms with van der Waals surface area (Å²) in [4.78, 5) is 0. The van der Waals surface area contributed by atoms with Crippen LogP contribution in [0.1, 0.15) is 0 Å². The lowest BCUT2D eigenvalue weighted by Crippen LogP contribution is -1.91. The van der Waals surface area contributed by atoms with E-state index in [1.165, 1.54) is 74.1 Å². The van der Waals surface area contributed by atoms with Gasteiger partial charge in [-0.25, -0.2) is 0 Å². The molecule has 50 heavy (non-hydrogen) atoms. The first-order valence-corrected chi connectivity index (χ1v) is 18.5. The molecule has 0 N–H and O–H groups in total. The molecule has 12 aromatic rings. The molecule has 0 saturated carbocycles. The molecule has 4 aromatic heterocycles. The molecule has 232 valence electrons. The predicted octanol–water partition coefficient (Wildman–Crippen LogP) is 14.7. The number of hydrogen-bond donors (Lipinski definition) is 0. The fourth-order valence-corrected chi connectivity index (χ4v) is 10.4. The van der Waals surface area contributed by atoms with E-state index in [0.29, 0.717) is 0 Å². The van der Waals surface area contributed by atoms with Gasteiger partial charge in [0.25, 0.3) is 0 Å². The van der Waals surface area contributed by atoms with Crippen LogP contribution >= 0.6 is 22.7 Å². The minimum atomic E-state index is 0.834. The molecule has 8 aromatic carbocycles. The van der Waals surface area contributed by atoms with Crippen LogP contribution < -0.4 is 0 Å². The van der Waals surface area contributed by atoms with Crippen molar-refractivity contribution in [2.45, 2.75) is 0 Å². The topological polar surface area (TPSA) is 26.3 Å². The fraction of sp³-hybridized carbons (Fsp3) is 0. The van der Waals surface area contributed by atoms with Gasteiger partial charge in [-0.2, -0.15) is 0 Å². The molecule has 12 rings (SSSR count). The Morgan fingerprint density at radius 1 is 0.380 bits per heavy atom. The molecule has 0 saturated heterocycles. The highest BCUT2D eigenvalue weighted by Crippen LogP contribution is 2.48. The Morgan fingerprint density at radius 2 is 1.06 bits per heavy atom. The van der Waals surface area contributed by atoms with Gasteiger partial charge >= 0.3 is 0 Å². The largest absolute Gasteiger partial charge is 0.456 e. The van der Waals surface area contributed by atoms with Crippen molar-refractivity contribution in [2.75, 3.05) is 0 Å². The molecule has 0 atom stereocenters. The predicted molar refractivity (Wildman–Crippen MR) is 215 cm³/mol. The highest BCUT2D eigenvalue weighted by molar-refractivity contribution is 7.26. The second-order valence-corrected chi connectivity index (χ2v) is 15.2. The summed E-state index contributed by atoms with van der Waals surface area (Å²) in [7, 11) is 0. The second-order valence-electron chi connectivity index (χ2n) is 13.2. The first-order chi connectivity index (χ1) is 24.8. The Hall–Kier alpha value is -5.94. The van der Waals surface area contributed by atoms with Crippen molar-refractivity contribution >= 4 is 118 Å². The van der Waals surface area contributed by atoms with Gasteiger partial charge in [-0.1, -0.05) is 91.0 Å². The minimum absolute atomic E-state index is 0.834. The van der Waals surface area contributed by atoms with Crippen LogP contribution in [0.5, 0.6) is 0 Å². The molecule has 0 aliphatic carbocycles. The smallest absolute Gasteiger partial charge is 0.139 e. The number of thiophene rings is 2. The van der Waals surface area contributed by atoms with E-state index in [1.807, 2.05) is 34.8 Å². The summed E-state index contributed by atoms with van der Waals surface area (Å²) >= 11 is 3.71. The first kappa shape index (κ1) is 26.9. The molecule has 0 unspecified atom stereocenters. The van der Waals surface area contributed by atoms with E-state index in [4.69, 9.17) is 8.83 Å². The van der Waals surface area contributed by atoms with Gasteiger partial charge < -0.3 is 8.83 Å². The Kier molecular flexibility index (Phi) is 5.29. The summed E-state index contributed by atoms with van der Waals surface area (Å²) in [6, 6.07) is 50.9. The van der Waals surface area contributed by atoms with Crippen molar-refractivity contribution in [2.24, 2.45) is 0 Å². The van der Waals surface area contributed by atoms with Gasteiger partial charge in [0, 0.05) is 52.5 Å². The summed E-state index contributed by atoms with van der Waals surface area (Å²) in [6.45, 7) is 0. The van der Waals surface area contributed by atoms with Crippen LogP contribution in [-0.2, 0) is 0 Å². The van der Waals surface area contributed by atoms with Crippen molar-refractivity contribution in [3.63, 3.8) is 0 Å². The zero-order valence-corrected chi connectivity index (χ0v) is 28.1. The van der Waals surface area contributed by atoms with E-state index in [0.717, 1.165) is 43.9 Å². The monoisotopic (exact) mass is 672 g/mol. The Balaban J connectivity index is 1.16. The van der Waals surface area contributed by atoms with Crippen molar-refractivity contribution in [1.82, 2.24) is 0 Å². The number of fused-ring (bicyclic) bond motifs is 12. The van der Waals surface area contributed by atoms with Gasteiger partial charge in [-0.3, -0.25) is 0 Å². The Morgan fingerprint density at radius 3 is 1.88 bits per heavy atom. The molecular weight excluding hydrogens is 649 g/mol. The number of rotatable bonds is 2. The molecule has 0 spiro atoms. The van der Waals surface area contributed by atoms with E-state index < -0.39 is 0 Å². The Labute approximate surface area is 293 Å². The van der Waals surface area contributed by atoms with Crippen LogP contribution in [0.25, 0.3) is 118 Å². The summed E-state index contributed by atoms with van der Waals surface area (Å²) in [5.74, 6) is 0. The molecule has 0 amide bonds. The molecule has 0 bridgehead atoms. The third-order valence-corrected chi connectivity index (χ3v) is 12.5. The van der Waals surface area contributed by atoms with E-state index >= 15 is 0 Å². The molecule has 0 aliphatic rings. The molecule has 4 heteroatoms. The standard InChI is InChI=1S/C46H24O2S2/c1-3-11-31-29(9-1)44(26-16-17-28-35-20-25-18-19-49-41(25)24-43(35)50-42(28)21-26)30-10-2-4-12-32(30)45(31)33-13-7-15-38-46(33)36-22-34-27-8-5-6-14-37(27)47-39(34)23-40(36)48-38/h1-24H. The van der Waals surface area contributed by atoms with Gasteiger partial charge in [0.2, 0.25) is 0 Å². The molecule has 0 radical (unpaired) electrons. The molecule has 0 fully saturated rings. The maximum Gasteiger partial charge on any atom is 0.139 e. The number of furan rings is 2. The summed E-state index contributed by atoms with van der Waals surface area (Å²) in [6.07, 6.45) is 0. The van der Waals surface area contributed by atoms with Crippen molar-refractivity contribution in [1.29, 1.82) is 0 Å². The second kappa shape index (κ2) is 9.82. The van der Waals surface area contributed by atoms with Gasteiger partial charge in [0.15, 0.2) is 0 Å². The third kappa shape index (κ3) is 3.61. The summed E-state index contributed by atoms with van der Waals surface area (Å²) in [5.41, 5.74) is 8.36. The van der Waals surface area contributed by atoms with E-state index in [2.05, 4.69) is 133 Å². The summed E-state index contributed by atoms with van der Waals surface area (Å²) < 4.78 is 16.8. The average molecular weight is 673 g/mol. The number of para-hydroxylation sites is 1. The lowest BCUT2D eigenvalue weighted by Gasteiger charge is -2.18. The average Bonchev–Trinajstić information content (AvgIpc) is 3.93.